The zero-order valence-corrected chi connectivity index (χ0v) is 12.2. The third kappa shape index (κ3) is 2.97. The second-order valence-electron chi connectivity index (χ2n) is 4.47. The lowest BCUT2D eigenvalue weighted by atomic mass is 10.2. The summed E-state index contributed by atoms with van der Waals surface area (Å²) in [6.45, 7) is 1.66. The van der Waals surface area contributed by atoms with E-state index >= 15 is 0 Å². The number of benzene rings is 1. The standard InChI is InChI=1S/C12H14N4O4S/c1-7-10(6-16(2)14-7)15-21(19,20)11-4-3-8(12(17)18)5-9(11)13/h3-6,15H,13H2,1-2H3,(H,17,18). The first kappa shape index (κ1) is 14.9. The zero-order chi connectivity index (χ0) is 15.8. The first-order valence-corrected chi connectivity index (χ1v) is 7.35. The van der Waals surface area contributed by atoms with Crippen molar-refractivity contribution in [1.82, 2.24) is 9.78 Å². The van der Waals surface area contributed by atoms with Crippen LogP contribution in [0.3, 0.4) is 0 Å². The fraction of sp³-hybridized carbons (Fsp3) is 0.167. The van der Waals surface area contributed by atoms with Crippen molar-refractivity contribution in [3.8, 4) is 0 Å². The summed E-state index contributed by atoms with van der Waals surface area (Å²) in [6.07, 6.45) is 1.52. The number of sulfonamides is 1. The van der Waals surface area contributed by atoms with Crippen LogP contribution < -0.4 is 10.5 Å². The molecule has 21 heavy (non-hydrogen) atoms. The van der Waals surface area contributed by atoms with Crippen molar-refractivity contribution in [3.05, 3.63) is 35.7 Å². The summed E-state index contributed by atoms with van der Waals surface area (Å²) in [7, 11) is -2.25. The SMILES string of the molecule is Cc1nn(C)cc1NS(=O)(=O)c1ccc(C(=O)O)cc1N. The van der Waals surface area contributed by atoms with Gasteiger partial charge in [0.05, 0.1) is 22.6 Å². The molecule has 0 fully saturated rings. The van der Waals surface area contributed by atoms with E-state index in [9.17, 15) is 13.2 Å². The van der Waals surface area contributed by atoms with E-state index in [4.69, 9.17) is 10.8 Å². The maximum Gasteiger partial charge on any atom is 0.335 e. The van der Waals surface area contributed by atoms with E-state index in [2.05, 4.69) is 9.82 Å². The van der Waals surface area contributed by atoms with Gasteiger partial charge in [-0.15, -0.1) is 0 Å². The molecule has 0 spiro atoms. The zero-order valence-electron chi connectivity index (χ0n) is 11.4. The summed E-state index contributed by atoms with van der Waals surface area (Å²) in [5.74, 6) is -1.18. The van der Waals surface area contributed by atoms with E-state index in [1.807, 2.05) is 0 Å². The van der Waals surface area contributed by atoms with Gasteiger partial charge in [-0.2, -0.15) is 5.10 Å². The molecule has 0 unspecified atom stereocenters. The molecule has 112 valence electrons. The highest BCUT2D eigenvalue weighted by Crippen LogP contribution is 2.23. The molecule has 8 nitrogen and oxygen atoms in total. The number of carboxylic acids is 1. The van der Waals surface area contributed by atoms with Crippen LogP contribution in [-0.4, -0.2) is 29.3 Å². The highest BCUT2D eigenvalue weighted by molar-refractivity contribution is 7.92. The minimum absolute atomic E-state index is 0.0796. The number of hydrogen-bond donors (Lipinski definition) is 3. The quantitative estimate of drug-likeness (QED) is 0.717. The molecule has 4 N–H and O–H groups in total. The van der Waals surface area contributed by atoms with Crippen molar-refractivity contribution in [2.24, 2.45) is 7.05 Å². The van der Waals surface area contributed by atoms with Crippen LogP contribution in [-0.2, 0) is 17.1 Å². The van der Waals surface area contributed by atoms with Gasteiger partial charge in [-0.3, -0.25) is 9.40 Å². The number of rotatable bonds is 4. The number of nitrogens with one attached hydrogen (secondary N) is 1. The maximum atomic E-state index is 12.3. The molecule has 0 saturated carbocycles. The van der Waals surface area contributed by atoms with Crippen LogP contribution in [0.4, 0.5) is 11.4 Å². The number of hydrogen-bond acceptors (Lipinski definition) is 5. The average Bonchev–Trinajstić information content (AvgIpc) is 2.66. The van der Waals surface area contributed by atoms with Crippen LogP contribution in [0.25, 0.3) is 0 Å². The molecule has 1 heterocycles. The van der Waals surface area contributed by atoms with Crippen LogP contribution in [0, 0.1) is 6.92 Å². The Balaban J connectivity index is 2.40. The van der Waals surface area contributed by atoms with Gasteiger partial charge in [0.25, 0.3) is 10.0 Å². The molecular formula is C12H14N4O4S. The predicted octanol–water partition coefficient (Wildman–Crippen LogP) is 0.810. The number of aryl methyl sites for hydroxylation is 2. The van der Waals surface area contributed by atoms with E-state index in [1.165, 1.54) is 16.9 Å². The van der Waals surface area contributed by atoms with Crippen LogP contribution in [0.15, 0.2) is 29.3 Å². The molecule has 0 aliphatic carbocycles. The highest BCUT2D eigenvalue weighted by Gasteiger charge is 2.20. The van der Waals surface area contributed by atoms with E-state index in [1.54, 1.807) is 14.0 Å². The Bertz CT molecular complexity index is 811. The number of aromatic carboxylic acids is 1. The Hall–Kier alpha value is -2.55. The number of aromatic nitrogens is 2. The Morgan fingerprint density at radius 3 is 2.57 bits per heavy atom. The van der Waals surface area contributed by atoms with Gasteiger partial charge in [0.2, 0.25) is 0 Å². The first-order chi connectivity index (χ1) is 9.70. The van der Waals surface area contributed by atoms with Crippen molar-refractivity contribution in [2.45, 2.75) is 11.8 Å². The molecule has 0 radical (unpaired) electrons. The summed E-state index contributed by atoms with van der Waals surface area (Å²) >= 11 is 0. The van der Waals surface area contributed by atoms with E-state index < -0.39 is 16.0 Å². The molecule has 0 aliphatic rings. The number of nitrogen functional groups attached to an aromatic ring is 1. The second kappa shape index (κ2) is 5.09. The average molecular weight is 310 g/mol. The summed E-state index contributed by atoms with van der Waals surface area (Å²) in [6, 6.07) is 3.45. The monoisotopic (exact) mass is 310 g/mol. The van der Waals surface area contributed by atoms with Crippen molar-refractivity contribution in [2.75, 3.05) is 10.5 Å². The molecule has 1 aromatic carbocycles. The lowest BCUT2D eigenvalue weighted by Crippen LogP contribution is -2.15. The predicted molar refractivity (Wildman–Crippen MR) is 76.6 cm³/mol. The van der Waals surface area contributed by atoms with Crippen LogP contribution in [0.5, 0.6) is 0 Å². The number of carboxylic acid groups (broad SMARTS) is 1. The molecular weight excluding hydrogens is 296 g/mol. The van der Waals surface area contributed by atoms with Crippen LogP contribution >= 0.6 is 0 Å². The van der Waals surface area contributed by atoms with E-state index in [0.717, 1.165) is 12.1 Å². The van der Waals surface area contributed by atoms with Crippen molar-refractivity contribution in [3.63, 3.8) is 0 Å². The fourth-order valence-electron chi connectivity index (χ4n) is 1.83. The van der Waals surface area contributed by atoms with Gasteiger partial charge in [0.1, 0.15) is 4.90 Å². The summed E-state index contributed by atoms with van der Waals surface area (Å²) in [4.78, 5) is 10.6. The topological polar surface area (TPSA) is 127 Å². The van der Waals surface area contributed by atoms with E-state index in [0.29, 0.717) is 11.4 Å². The Morgan fingerprint density at radius 1 is 1.43 bits per heavy atom. The van der Waals surface area contributed by atoms with Gasteiger partial charge in [0, 0.05) is 13.2 Å². The normalized spacial score (nSPS) is 11.3. The number of carbonyl (C=O) groups is 1. The largest absolute Gasteiger partial charge is 0.478 e. The van der Waals surface area contributed by atoms with Crippen LogP contribution in [0.1, 0.15) is 16.1 Å². The van der Waals surface area contributed by atoms with Crippen molar-refractivity contribution in [1.29, 1.82) is 0 Å². The molecule has 0 saturated heterocycles. The van der Waals surface area contributed by atoms with Crippen molar-refractivity contribution < 1.29 is 18.3 Å². The molecule has 9 heteroatoms. The fourth-order valence-corrected chi connectivity index (χ4v) is 3.04. The Morgan fingerprint density at radius 2 is 2.10 bits per heavy atom. The lowest BCUT2D eigenvalue weighted by Gasteiger charge is -2.09. The molecule has 0 bridgehead atoms. The Labute approximate surface area is 121 Å². The number of anilines is 2. The molecule has 2 aromatic rings. The van der Waals surface area contributed by atoms with E-state index in [-0.39, 0.29) is 16.1 Å². The highest BCUT2D eigenvalue weighted by atomic mass is 32.2. The number of nitrogens with two attached hydrogens (primary N) is 1. The van der Waals surface area contributed by atoms with Gasteiger partial charge in [-0.05, 0) is 25.1 Å². The number of nitrogens with zero attached hydrogens (tertiary/aromatic N) is 2. The summed E-state index contributed by atoms with van der Waals surface area (Å²) in [5, 5.41) is 12.9. The van der Waals surface area contributed by atoms with Gasteiger partial charge in [-0.1, -0.05) is 0 Å². The van der Waals surface area contributed by atoms with Gasteiger partial charge in [0.15, 0.2) is 0 Å². The second-order valence-corrected chi connectivity index (χ2v) is 6.12. The lowest BCUT2D eigenvalue weighted by molar-refractivity contribution is 0.0697. The molecule has 0 amide bonds. The third-order valence-corrected chi connectivity index (χ3v) is 4.24. The maximum absolute atomic E-state index is 12.3. The van der Waals surface area contributed by atoms with Gasteiger partial charge in [-0.25, -0.2) is 13.2 Å². The minimum Gasteiger partial charge on any atom is -0.478 e. The minimum atomic E-state index is -3.92. The third-order valence-electron chi connectivity index (χ3n) is 2.80. The van der Waals surface area contributed by atoms with Crippen molar-refractivity contribution >= 4 is 27.4 Å². The molecule has 0 aliphatic heterocycles. The summed E-state index contributed by atoms with van der Waals surface area (Å²) in [5.41, 5.74) is 6.27. The van der Waals surface area contributed by atoms with Crippen LogP contribution in [0.2, 0.25) is 0 Å². The first-order valence-electron chi connectivity index (χ1n) is 5.86. The molecule has 2 rings (SSSR count). The molecule has 0 atom stereocenters. The van der Waals surface area contributed by atoms with Gasteiger partial charge < -0.3 is 10.8 Å². The van der Waals surface area contributed by atoms with Gasteiger partial charge >= 0.3 is 5.97 Å². The molecule has 1 aromatic heterocycles. The summed E-state index contributed by atoms with van der Waals surface area (Å²) < 4.78 is 28.4. The smallest absolute Gasteiger partial charge is 0.335 e. The Kier molecular flexibility index (Phi) is 3.60.